The van der Waals surface area contributed by atoms with E-state index in [-0.39, 0.29) is 0 Å². The zero-order valence-corrected chi connectivity index (χ0v) is 12.3. The summed E-state index contributed by atoms with van der Waals surface area (Å²) in [4.78, 5) is 2.68. The molecule has 1 aromatic heterocycles. The second-order valence-electron chi connectivity index (χ2n) is 6.65. The zero-order valence-electron chi connectivity index (χ0n) is 12.3. The van der Waals surface area contributed by atoms with Crippen molar-refractivity contribution in [2.45, 2.75) is 64.7 Å². The third-order valence-electron chi connectivity index (χ3n) is 4.25. The summed E-state index contributed by atoms with van der Waals surface area (Å²) in [5.74, 6) is 1.81. The first kappa shape index (κ1) is 13.0. The highest BCUT2D eigenvalue weighted by Crippen LogP contribution is 2.34. The first-order chi connectivity index (χ1) is 9.13. The molecule has 0 spiro atoms. The lowest BCUT2D eigenvalue weighted by Gasteiger charge is -2.20. The van der Waals surface area contributed by atoms with Gasteiger partial charge in [0.05, 0.1) is 6.20 Å². The summed E-state index contributed by atoms with van der Waals surface area (Å²) in [6.07, 6.45) is 5.97. The van der Waals surface area contributed by atoms with E-state index in [1.807, 2.05) is 6.20 Å². The molecule has 2 atom stereocenters. The van der Waals surface area contributed by atoms with Crippen LogP contribution in [0, 0.1) is 5.92 Å². The van der Waals surface area contributed by atoms with E-state index in [2.05, 4.69) is 46.8 Å². The molecule has 1 aliphatic heterocycles. The Labute approximate surface area is 116 Å². The van der Waals surface area contributed by atoms with Crippen LogP contribution in [0.2, 0.25) is 0 Å². The fraction of sp³-hybridized carbons (Fsp3) is 0.800. The van der Waals surface area contributed by atoms with Gasteiger partial charge >= 0.3 is 0 Å². The zero-order chi connectivity index (χ0) is 13.4. The highest BCUT2D eigenvalue weighted by molar-refractivity contribution is 5.36. The van der Waals surface area contributed by atoms with Crippen LogP contribution in [0.3, 0.4) is 0 Å². The van der Waals surface area contributed by atoms with Gasteiger partial charge in [0.1, 0.15) is 5.82 Å². The minimum absolute atomic E-state index is 0.582. The van der Waals surface area contributed by atoms with Gasteiger partial charge in [-0.05, 0) is 32.1 Å². The molecule has 0 radical (unpaired) electrons. The number of anilines is 1. The summed E-state index contributed by atoms with van der Waals surface area (Å²) in [5.41, 5.74) is 0. The first-order valence-electron chi connectivity index (χ1n) is 7.67. The summed E-state index contributed by atoms with van der Waals surface area (Å²) >= 11 is 0. The first-order valence-corrected chi connectivity index (χ1v) is 7.67. The van der Waals surface area contributed by atoms with Gasteiger partial charge in [-0.25, -0.2) is 4.68 Å². The van der Waals surface area contributed by atoms with Crippen molar-refractivity contribution < 1.29 is 0 Å². The standard InChI is InChI=1S/C15H26N4/c1-11(2)9-19-15(6-7-16-19)17-13-8-12(3)18(10-13)14-4-5-14/h6-7,11-14,17H,4-5,8-10H2,1-3H3/t12-,13-/m0/s1. The van der Waals surface area contributed by atoms with E-state index in [0.717, 1.165) is 18.6 Å². The van der Waals surface area contributed by atoms with E-state index in [1.54, 1.807) is 0 Å². The van der Waals surface area contributed by atoms with E-state index in [1.165, 1.54) is 31.6 Å². The lowest BCUT2D eigenvalue weighted by molar-refractivity contribution is 0.257. The number of likely N-dealkylation sites (tertiary alicyclic amines) is 1. The molecule has 1 aliphatic carbocycles. The fourth-order valence-electron chi connectivity index (χ4n) is 3.23. The van der Waals surface area contributed by atoms with E-state index in [9.17, 15) is 0 Å². The Morgan fingerprint density at radius 2 is 2.21 bits per heavy atom. The van der Waals surface area contributed by atoms with Crippen molar-refractivity contribution in [2.75, 3.05) is 11.9 Å². The van der Waals surface area contributed by atoms with Crippen molar-refractivity contribution in [1.29, 1.82) is 0 Å². The quantitative estimate of drug-likeness (QED) is 0.885. The molecule has 0 unspecified atom stereocenters. The Bertz CT molecular complexity index is 422. The molecule has 1 aromatic rings. The van der Waals surface area contributed by atoms with Crippen LogP contribution in [-0.4, -0.2) is 39.4 Å². The largest absolute Gasteiger partial charge is 0.366 e. The third-order valence-corrected chi connectivity index (χ3v) is 4.25. The average molecular weight is 262 g/mol. The lowest BCUT2D eigenvalue weighted by Crippen LogP contribution is -2.31. The maximum atomic E-state index is 4.42. The highest BCUT2D eigenvalue weighted by atomic mass is 15.3. The predicted octanol–water partition coefficient (Wildman–Crippen LogP) is 2.58. The minimum Gasteiger partial charge on any atom is -0.366 e. The number of nitrogens with zero attached hydrogens (tertiary/aromatic N) is 3. The minimum atomic E-state index is 0.582. The average Bonchev–Trinajstić information content (AvgIpc) is 3.00. The topological polar surface area (TPSA) is 33.1 Å². The summed E-state index contributed by atoms with van der Waals surface area (Å²) in [5, 5.41) is 8.12. The molecular formula is C15H26N4. The molecule has 4 heteroatoms. The Balaban J connectivity index is 1.61. The van der Waals surface area contributed by atoms with Gasteiger partial charge in [0.25, 0.3) is 0 Å². The van der Waals surface area contributed by atoms with Crippen molar-refractivity contribution in [3.63, 3.8) is 0 Å². The van der Waals surface area contributed by atoms with E-state index in [0.29, 0.717) is 12.0 Å². The van der Waals surface area contributed by atoms with Gasteiger partial charge < -0.3 is 5.32 Å². The molecule has 2 heterocycles. The van der Waals surface area contributed by atoms with Crippen LogP contribution in [0.15, 0.2) is 12.3 Å². The number of hydrogen-bond acceptors (Lipinski definition) is 3. The number of aromatic nitrogens is 2. The highest BCUT2D eigenvalue weighted by Gasteiger charge is 2.38. The Kier molecular flexibility index (Phi) is 3.52. The Morgan fingerprint density at radius 1 is 1.42 bits per heavy atom. The van der Waals surface area contributed by atoms with E-state index >= 15 is 0 Å². The lowest BCUT2D eigenvalue weighted by atomic mass is 10.2. The van der Waals surface area contributed by atoms with Gasteiger partial charge in [0, 0.05) is 37.3 Å². The number of hydrogen-bond donors (Lipinski definition) is 1. The Morgan fingerprint density at radius 3 is 2.89 bits per heavy atom. The van der Waals surface area contributed by atoms with Crippen LogP contribution in [0.5, 0.6) is 0 Å². The number of nitrogens with one attached hydrogen (secondary N) is 1. The van der Waals surface area contributed by atoms with Crippen LogP contribution >= 0.6 is 0 Å². The van der Waals surface area contributed by atoms with Gasteiger partial charge in [-0.15, -0.1) is 0 Å². The van der Waals surface area contributed by atoms with Crippen molar-refractivity contribution in [2.24, 2.45) is 5.92 Å². The van der Waals surface area contributed by atoms with Crippen LogP contribution < -0.4 is 5.32 Å². The smallest absolute Gasteiger partial charge is 0.124 e. The maximum absolute atomic E-state index is 4.42. The van der Waals surface area contributed by atoms with E-state index < -0.39 is 0 Å². The third kappa shape index (κ3) is 2.94. The van der Waals surface area contributed by atoms with Crippen molar-refractivity contribution in [3.05, 3.63) is 12.3 Å². The molecule has 106 valence electrons. The maximum Gasteiger partial charge on any atom is 0.124 e. The van der Waals surface area contributed by atoms with Crippen molar-refractivity contribution in [1.82, 2.24) is 14.7 Å². The molecule has 4 nitrogen and oxygen atoms in total. The molecule has 0 amide bonds. The predicted molar refractivity (Wildman–Crippen MR) is 78.3 cm³/mol. The normalized spacial score (nSPS) is 28.2. The monoisotopic (exact) mass is 262 g/mol. The fourth-order valence-corrected chi connectivity index (χ4v) is 3.23. The molecule has 1 N–H and O–H groups in total. The van der Waals surface area contributed by atoms with Gasteiger partial charge in [0.15, 0.2) is 0 Å². The van der Waals surface area contributed by atoms with Gasteiger partial charge in [0.2, 0.25) is 0 Å². The van der Waals surface area contributed by atoms with Crippen LogP contribution in [0.4, 0.5) is 5.82 Å². The molecule has 19 heavy (non-hydrogen) atoms. The second-order valence-corrected chi connectivity index (χ2v) is 6.65. The van der Waals surface area contributed by atoms with Crippen molar-refractivity contribution >= 4 is 5.82 Å². The molecular weight excluding hydrogens is 236 g/mol. The summed E-state index contributed by atoms with van der Waals surface area (Å²) in [6.45, 7) is 9.02. The molecule has 0 aromatic carbocycles. The summed E-state index contributed by atoms with van der Waals surface area (Å²) in [6, 6.07) is 4.29. The molecule has 2 fully saturated rings. The molecule has 2 aliphatic rings. The molecule has 1 saturated carbocycles. The molecule has 0 bridgehead atoms. The Hall–Kier alpha value is -1.03. The van der Waals surface area contributed by atoms with E-state index in [4.69, 9.17) is 0 Å². The van der Waals surface area contributed by atoms with Crippen LogP contribution in [-0.2, 0) is 6.54 Å². The molecule has 3 rings (SSSR count). The molecule has 1 saturated heterocycles. The summed E-state index contributed by atoms with van der Waals surface area (Å²) in [7, 11) is 0. The number of rotatable bonds is 5. The van der Waals surface area contributed by atoms with Gasteiger partial charge in [-0.2, -0.15) is 5.10 Å². The SMILES string of the molecule is CC(C)Cn1nccc1N[C@H]1C[C@H](C)N(C2CC2)C1. The van der Waals surface area contributed by atoms with Crippen LogP contribution in [0.1, 0.15) is 40.0 Å². The van der Waals surface area contributed by atoms with Gasteiger partial charge in [-0.1, -0.05) is 13.8 Å². The van der Waals surface area contributed by atoms with Crippen LogP contribution in [0.25, 0.3) is 0 Å². The van der Waals surface area contributed by atoms with Crippen molar-refractivity contribution in [3.8, 4) is 0 Å². The second kappa shape index (κ2) is 5.16. The van der Waals surface area contributed by atoms with Gasteiger partial charge in [-0.3, -0.25) is 4.90 Å². The summed E-state index contributed by atoms with van der Waals surface area (Å²) < 4.78 is 2.11.